The molecule has 0 saturated heterocycles. The normalized spacial score (nSPS) is 19.6. The van der Waals surface area contributed by atoms with Gasteiger partial charge < -0.3 is 9.55 Å². The van der Waals surface area contributed by atoms with Crippen molar-refractivity contribution in [3.63, 3.8) is 0 Å². The minimum absolute atomic E-state index is 0.149. The van der Waals surface area contributed by atoms with Gasteiger partial charge in [-0.3, -0.25) is 0 Å². The largest absolute Gasteiger partial charge is 0.330 e. The van der Waals surface area contributed by atoms with Gasteiger partial charge in [0.25, 0.3) is 0 Å². The predicted octanol–water partition coefficient (Wildman–Crippen LogP) is 5.63. The fourth-order valence-corrected chi connectivity index (χ4v) is 3.64. The van der Waals surface area contributed by atoms with Crippen molar-refractivity contribution in [3.8, 4) is 0 Å². The van der Waals surface area contributed by atoms with E-state index >= 15 is 0 Å². The quantitative estimate of drug-likeness (QED) is 0.676. The van der Waals surface area contributed by atoms with Crippen LogP contribution in [0.4, 0.5) is 4.39 Å². The third kappa shape index (κ3) is 2.40. The Bertz CT molecular complexity index is 706. The Labute approximate surface area is 127 Å². The van der Waals surface area contributed by atoms with Crippen LogP contribution in [0.5, 0.6) is 0 Å². The van der Waals surface area contributed by atoms with Crippen LogP contribution in [-0.4, -0.2) is 9.55 Å². The number of aromatic amines is 1. The van der Waals surface area contributed by atoms with Crippen molar-refractivity contribution >= 4 is 34.9 Å². The second kappa shape index (κ2) is 4.85. The average Bonchev–Trinajstić information content (AvgIpc) is 2.66. The lowest BCUT2D eigenvalue weighted by Crippen LogP contribution is -2.23. The van der Waals surface area contributed by atoms with Gasteiger partial charge in [0.1, 0.15) is 5.82 Å². The standard InChI is InChI=1S/C15H18ClFN2S/c1-15(2)5-3-9(4-6-15)19-13-7-10(16)11(17)8-12(13)18-14(19)20/h7-9H,3-6H2,1-2H3,(H,18,20). The zero-order valence-electron chi connectivity index (χ0n) is 11.7. The zero-order valence-corrected chi connectivity index (χ0v) is 13.2. The number of rotatable bonds is 1. The summed E-state index contributed by atoms with van der Waals surface area (Å²) < 4.78 is 16.3. The molecule has 1 aromatic heterocycles. The molecule has 1 aliphatic carbocycles. The maximum atomic E-state index is 13.5. The summed E-state index contributed by atoms with van der Waals surface area (Å²) in [5.74, 6) is -0.410. The average molecular weight is 313 g/mol. The highest BCUT2D eigenvalue weighted by Gasteiger charge is 2.28. The first kappa shape index (κ1) is 14.1. The Morgan fingerprint density at radius 2 is 2.00 bits per heavy atom. The molecule has 0 spiro atoms. The zero-order chi connectivity index (χ0) is 14.5. The van der Waals surface area contributed by atoms with Crippen LogP contribution in [0.15, 0.2) is 12.1 Å². The highest BCUT2D eigenvalue weighted by molar-refractivity contribution is 7.71. The van der Waals surface area contributed by atoms with Crippen LogP contribution in [0.3, 0.4) is 0 Å². The van der Waals surface area contributed by atoms with Gasteiger partial charge in [0.2, 0.25) is 0 Å². The van der Waals surface area contributed by atoms with E-state index in [1.54, 1.807) is 6.07 Å². The molecule has 3 rings (SSSR count). The van der Waals surface area contributed by atoms with Gasteiger partial charge in [0.15, 0.2) is 4.77 Å². The summed E-state index contributed by atoms with van der Waals surface area (Å²) in [6.07, 6.45) is 4.56. The van der Waals surface area contributed by atoms with Gasteiger partial charge >= 0.3 is 0 Å². The smallest absolute Gasteiger partial charge is 0.178 e. The van der Waals surface area contributed by atoms with E-state index in [9.17, 15) is 4.39 Å². The van der Waals surface area contributed by atoms with E-state index in [4.69, 9.17) is 23.8 Å². The van der Waals surface area contributed by atoms with Crippen molar-refractivity contribution in [2.75, 3.05) is 0 Å². The van der Waals surface area contributed by atoms with Gasteiger partial charge in [-0.25, -0.2) is 4.39 Å². The molecule has 0 atom stereocenters. The Morgan fingerprint density at radius 3 is 2.65 bits per heavy atom. The van der Waals surface area contributed by atoms with E-state index in [0.29, 0.717) is 16.2 Å². The Hall–Kier alpha value is -0.870. The molecule has 5 heteroatoms. The van der Waals surface area contributed by atoms with E-state index in [2.05, 4.69) is 23.4 Å². The fourth-order valence-electron chi connectivity index (χ4n) is 3.13. The number of benzene rings is 1. The maximum absolute atomic E-state index is 13.5. The summed E-state index contributed by atoms with van der Waals surface area (Å²) in [5, 5.41) is 0.149. The van der Waals surface area contributed by atoms with E-state index in [-0.39, 0.29) is 5.02 Å². The van der Waals surface area contributed by atoms with Crippen LogP contribution in [0, 0.1) is 16.0 Å². The monoisotopic (exact) mass is 312 g/mol. The van der Waals surface area contributed by atoms with Gasteiger partial charge in [-0.1, -0.05) is 25.4 Å². The second-order valence-electron chi connectivity index (χ2n) is 6.48. The molecule has 0 unspecified atom stereocenters. The molecule has 1 N–H and O–H groups in total. The van der Waals surface area contributed by atoms with Gasteiger partial charge in [-0.15, -0.1) is 0 Å². The van der Waals surface area contributed by atoms with Crippen LogP contribution in [-0.2, 0) is 0 Å². The molecule has 2 aromatic rings. The molecule has 0 amide bonds. The molecule has 2 nitrogen and oxygen atoms in total. The lowest BCUT2D eigenvalue weighted by Gasteiger charge is -2.35. The van der Waals surface area contributed by atoms with Gasteiger partial charge in [0.05, 0.1) is 16.1 Å². The Balaban J connectivity index is 2.06. The number of fused-ring (bicyclic) bond motifs is 1. The van der Waals surface area contributed by atoms with Crippen LogP contribution < -0.4 is 0 Å². The minimum Gasteiger partial charge on any atom is -0.330 e. The molecule has 0 bridgehead atoms. The number of H-pyrrole nitrogens is 1. The summed E-state index contributed by atoms with van der Waals surface area (Å²) in [7, 11) is 0. The third-order valence-electron chi connectivity index (χ3n) is 4.43. The number of nitrogens with one attached hydrogen (secondary N) is 1. The number of imidazole rings is 1. The second-order valence-corrected chi connectivity index (χ2v) is 7.27. The van der Waals surface area contributed by atoms with E-state index < -0.39 is 5.82 Å². The van der Waals surface area contributed by atoms with Crippen LogP contribution >= 0.6 is 23.8 Å². The van der Waals surface area contributed by atoms with Crippen LogP contribution in [0.1, 0.15) is 45.6 Å². The van der Waals surface area contributed by atoms with E-state index in [0.717, 1.165) is 23.9 Å². The molecule has 1 heterocycles. The first-order valence-corrected chi connectivity index (χ1v) is 7.75. The van der Waals surface area contributed by atoms with Gasteiger partial charge in [0, 0.05) is 12.1 Å². The molecule has 0 aliphatic heterocycles. The van der Waals surface area contributed by atoms with Crippen molar-refractivity contribution in [2.24, 2.45) is 5.41 Å². The van der Waals surface area contributed by atoms with Crippen molar-refractivity contribution in [1.29, 1.82) is 0 Å². The molecule has 1 saturated carbocycles. The van der Waals surface area contributed by atoms with Gasteiger partial charge in [-0.05, 0) is 49.4 Å². The van der Waals surface area contributed by atoms with Crippen molar-refractivity contribution in [2.45, 2.75) is 45.6 Å². The molecule has 1 aliphatic rings. The number of hydrogen-bond acceptors (Lipinski definition) is 1. The number of hydrogen-bond donors (Lipinski definition) is 1. The molecule has 1 fully saturated rings. The van der Waals surface area contributed by atoms with Crippen molar-refractivity contribution < 1.29 is 4.39 Å². The summed E-state index contributed by atoms with van der Waals surface area (Å²) >= 11 is 11.3. The fraction of sp³-hybridized carbons (Fsp3) is 0.533. The maximum Gasteiger partial charge on any atom is 0.178 e. The first-order valence-electron chi connectivity index (χ1n) is 6.97. The summed E-state index contributed by atoms with van der Waals surface area (Å²) in [4.78, 5) is 3.09. The SMILES string of the molecule is CC1(C)CCC(n2c(=S)[nH]c3cc(F)c(Cl)cc32)CC1. The predicted molar refractivity (Wildman–Crippen MR) is 83.4 cm³/mol. The molecular formula is C15H18ClFN2S. The summed E-state index contributed by atoms with van der Waals surface area (Å²) in [5.41, 5.74) is 2.04. The third-order valence-corrected chi connectivity index (χ3v) is 5.02. The molecular weight excluding hydrogens is 295 g/mol. The van der Waals surface area contributed by atoms with Crippen molar-refractivity contribution in [1.82, 2.24) is 9.55 Å². The van der Waals surface area contributed by atoms with Crippen molar-refractivity contribution in [3.05, 3.63) is 27.7 Å². The number of halogens is 2. The molecule has 20 heavy (non-hydrogen) atoms. The Morgan fingerprint density at radius 1 is 1.35 bits per heavy atom. The van der Waals surface area contributed by atoms with E-state index in [1.165, 1.54) is 18.9 Å². The van der Waals surface area contributed by atoms with Crippen LogP contribution in [0.2, 0.25) is 5.02 Å². The van der Waals surface area contributed by atoms with Gasteiger partial charge in [-0.2, -0.15) is 0 Å². The van der Waals surface area contributed by atoms with E-state index in [1.807, 2.05) is 0 Å². The number of nitrogens with zero attached hydrogens (tertiary/aromatic N) is 1. The number of aromatic nitrogens is 2. The summed E-state index contributed by atoms with van der Waals surface area (Å²) in [6, 6.07) is 3.49. The summed E-state index contributed by atoms with van der Waals surface area (Å²) in [6.45, 7) is 4.62. The Kier molecular flexibility index (Phi) is 3.41. The minimum atomic E-state index is -0.410. The molecule has 0 radical (unpaired) electrons. The molecule has 1 aromatic carbocycles. The lowest BCUT2D eigenvalue weighted by molar-refractivity contribution is 0.195. The molecule has 108 valence electrons. The lowest BCUT2D eigenvalue weighted by atomic mass is 9.75. The highest BCUT2D eigenvalue weighted by atomic mass is 35.5. The first-order chi connectivity index (χ1) is 9.37. The highest BCUT2D eigenvalue weighted by Crippen LogP contribution is 2.41. The topological polar surface area (TPSA) is 20.7 Å². The van der Waals surface area contributed by atoms with Crippen LogP contribution in [0.25, 0.3) is 11.0 Å².